The fourth-order valence-corrected chi connectivity index (χ4v) is 3.31. The van der Waals surface area contributed by atoms with Gasteiger partial charge in [-0.1, -0.05) is 26.2 Å². The number of benzene rings is 1. The summed E-state index contributed by atoms with van der Waals surface area (Å²) in [7, 11) is 0. The van der Waals surface area contributed by atoms with E-state index >= 15 is 0 Å². The monoisotopic (exact) mass is 434 g/mol. The van der Waals surface area contributed by atoms with E-state index < -0.39 is 17.5 Å². The molecule has 1 aromatic carbocycles. The van der Waals surface area contributed by atoms with Gasteiger partial charge in [0.05, 0.1) is 12.7 Å². The molecular formula is C25H29F3O3. The van der Waals surface area contributed by atoms with Crippen LogP contribution < -0.4 is 9.47 Å². The molecule has 31 heavy (non-hydrogen) atoms. The summed E-state index contributed by atoms with van der Waals surface area (Å²) in [6.45, 7) is 19.5. The van der Waals surface area contributed by atoms with Crippen molar-refractivity contribution in [2.75, 3.05) is 13.2 Å². The minimum absolute atomic E-state index is 0.108. The first-order valence-corrected chi connectivity index (χ1v) is 10.2. The van der Waals surface area contributed by atoms with E-state index in [1.54, 1.807) is 6.92 Å². The van der Waals surface area contributed by atoms with E-state index in [0.29, 0.717) is 30.1 Å². The molecule has 0 spiro atoms. The molecule has 2 aliphatic heterocycles. The van der Waals surface area contributed by atoms with Crippen molar-refractivity contribution in [1.82, 2.24) is 0 Å². The Bertz CT molecular complexity index is 880. The third kappa shape index (κ3) is 5.50. The second kappa shape index (κ2) is 11.0. The maximum atomic E-state index is 14.6. The molecule has 0 aromatic heterocycles. The van der Waals surface area contributed by atoms with Gasteiger partial charge in [-0.05, 0) is 36.5 Å². The van der Waals surface area contributed by atoms with Crippen molar-refractivity contribution in [2.24, 2.45) is 5.92 Å². The lowest BCUT2D eigenvalue weighted by atomic mass is 9.98. The Morgan fingerprint density at radius 2 is 1.97 bits per heavy atom. The van der Waals surface area contributed by atoms with Crippen LogP contribution in [0.1, 0.15) is 31.7 Å². The highest BCUT2D eigenvalue weighted by Gasteiger charge is 2.30. The lowest BCUT2D eigenvalue weighted by Gasteiger charge is -2.28. The van der Waals surface area contributed by atoms with Gasteiger partial charge in [-0.25, -0.2) is 4.39 Å². The van der Waals surface area contributed by atoms with Gasteiger partial charge in [0.2, 0.25) is 11.6 Å². The average Bonchev–Trinajstić information content (AvgIpc) is 2.80. The predicted octanol–water partition coefficient (Wildman–Crippen LogP) is 6.77. The average molecular weight is 434 g/mol. The molecule has 2 atom stereocenters. The largest absolute Gasteiger partial charge is 0.488 e. The van der Waals surface area contributed by atoms with Gasteiger partial charge in [0.15, 0.2) is 23.1 Å². The molecule has 3 rings (SSSR count). The summed E-state index contributed by atoms with van der Waals surface area (Å²) in [6.07, 6.45) is 3.79. The van der Waals surface area contributed by atoms with E-state index in [1.807, 2.05) is 6.08 Å². The number of fused-ring (bicyclic) bond motifs is 1. The third-order valence-corrected chi connectivity index (χ3v) is 5.23. The minimum atomic E-state index is -1.21. The van der Waals surface area contributed by atoms with Crippen LogP contribution in [0.4, 0.5) is 13.2 Å². The summed E-state index contributed by atoms with van der Waals surface area (Å²) < 4.78 is 60.1. The van der Waals surface area contributed by atoms with E-state index in [4.69, 9.17) is 14.2 Å². The zero-order valence-corrected chi connectivity index (χ0v) is 17.9. The van der Waals surface area contributed by atoms with Crippen LogP contribution in [0.25, 0.3) is 0 Å². The third-order valence-electron chi connectivity index (χ3n) is 5.23. The Morgan fingerprint density at radius 1 is 1.26 bits per heavy atom. The first-order chi connectivity index (χ1) is 14.8. The molecule has 0 N–H and O–H groups in total. The molecule has 2 unspecified atom stereocenters. The molecule has 0 aliphatic carbocycles. The first-order valence-electron chi connectivity index (χ1n) is 10.2. The zero-order chi connectivity index (χ0) is 23.1. The second-order valence-corrected chi connectivity index (χ2v) is 7.31. The van der Waals surface area contributed by atoms with Gasteiger partial charge < -0.3 is 14.2 Å². The second-order valence-electron chi connectivity index (χ2n) is 7.31. The van der Waals surface area contributed by atoms with Crippen molar-refractivity contribution >= 4 is 0 Å². The maximum Gasteiger partial charge on any atom is 0.205 e. The van der Waals surface area contributed by atoms with Crippen molar-refractivity contribution in [1.29, 1.82) is 0 Å². The molecule has 3 nitrogen and oxygen atoms in total. The Balaban J connectivity index is 0.00000166. The fraction of sp³-hybridized carbons (Fsp3) is 0.360. The van der Waals surface area contributed by atoms with Crippen LogP contribution in [0.2, 0.25) is 0 Å². The van der Waals surface area contributed by atoms with Gasteiger partial charge in [0.25, 0.3) is 0 Å². The topological polar surface area (TPSA) is 27.7 Å². The summed E-state index contributed by atoms with van der Waals surface area (Å²) in [4.78, 5) is 0. The zero-order valence-electron chi connectivity index (χ0n) is 17.9. The van der Waals surface area contributed by atoms with Gasteiger partial charge in [-0.2, -0.15) is 8.78 Å². The number of rotatable bonds is 6. The molecule has 0 bridgehead atoms. The molecule has 0 amide bonds. The van der Waals surface area contributed by atoms with Crippen LogP contribution in [0.15, 0.2) is 67.8 Å². The van der Waals surface area contributed by atoms with Crippen LogP contribution in [0.3, 0.4) is 0 Å². The predicted molar refractivity (Wildman–Crippen MR) is 117 cm³/mol. The van der Waals surface area contributed by atoms with Gasteiger partial charge in [-0.15, -0.1) is 19.7 Å². The molecule has 1 fully saturated rings. The van der Waals surface area contributed by atoms with Crippen LogP contribution >= 0.6 is 0 Å². The molecule has 0 radical (unpaired) electrons. The summed E-state index contributed by atoms with van der Waals surface area (Å²) >= 11 is 0. The van der Waals surface area contributed by atoms with Gasteiger partial charge in [0.1, 0.15) is 6.61 Å². The Kier molecular flexibility index (Phi) is 8.75. The number of ether oxygens (including phenoxy) is 3. The molecule has 1 aromatic rings. The van der Waals surface area contributed by atoms with Gasteiger partial charge >= 0.3 is 0 Å². The van der Waals surface area contributed by atoms with E-state index in [-0.39, 0.29) is 42.0 Å². The number of hydrogen-bond acceptors (Lipinski definition) is 3. The number of allylic oxidation sites excluding steroid dienone is 3. The van der Waals surface area contributed by atoms with E-state index in [9.17, 15) is 13.2 Å². The highest BCUT2D eigenvalue weighted by molar-refractivity contribution is 5.52. The maximum absolute atomic E-state index is 14.6. The minimum Gasteiger partial charge on any atom is -0.488 e. The van der Waals surface area contributed by atoms with Crippen LogP contribution in [-0.2, 0) is 11.2 Å². The SMILES string of the molecule is C=C.C=CC1CCC(COc2cc3c(c(F)c2F)O/C(=C(\F)C(=C)CC)C(=C)C3)OC1. The molecule has 0 saturated carbocycles. The quantitative estimate of drug-likeness (QED) is 0.463. The molecule has 2 aliphatic rings. The highest BCUT2D eigenvalue weighted by Crippen LogP contribution is 2.41. The van der Waals surface area contributed by atoms with Crippen LogP contribution in [0, 0.1) is 17.6 Å². The molecule has 168 valence electrons. The molecule has 2 heterocycles. The van der Waals surface area contributed by atoms with Crippen molar-refractivity contribution in [3.05, 3.63) is 85.0 Å². The summed E-state index contributed by atoms with van der Waals surface area (Å²) in [5.41, 5.74) is 0.878. The van der Waals surface area contributed by atoms with E-state index in [0.717, 1.165) is 12.8 Å². The van der Waals surface area contributed by atoms with Gasteiger partial charge in [0, 0.05) is 17.9 Å². The van der Waals surface area contributed by atoms with Crippen molar-refractivity contribution in [2.45, 2.75) is 38.7 Å². The fourth-order valence-electron chi connectivity index (χ4n) is 3.31. The lowest BCUT2D eigenvalue weighted by Crippen LogP contribution is -2.30. The number of halogens is 3. The van der Waals surface area contributed by atoms with Gasteiger partial charge in [-0.3, -0.25) is 0 Å². The summed E-state index contributed by atoms with van der Waals surface area (Å²) in [5.74, 6) is -3.56. The standard InChI is InChI=1S/C23H25F3O3.C2H4/c1-5-13(3)19(24)22-14(4)9-16-10-18(20(25)21(26)23(16)29-22)28-12-17-8-7-15(6-2)11-27-17;1-2/h6,10,15,17H,2-5,7-9,11-12H2,1H3;1-2H2/b22-19-;. The van der Waals surface area contributed by atoms with Crippen LogP contribution in [0.5, 0.6) is 11.5 Å². The van der Waals surface area contributed by atoms with Crippen molar-refractivity contribution < 1.29 is 27.4 Å². The smallest absolute Gasteiger partial charge is 0.205 e. The van der Waals surface area contributed by atoms with Crippen molar-refractivity contribution in [3.8, 4) is 11.5 Å². The molecule has 6 heteroatoms. The molecular weight excluding hydrogens is 405 g/mol. The van der Waals surface area contributed by atoms with Crippen LogP contribution in [-0.4, -0.2) is 19.3 Å². The first kappa shape index (κ1) is 24.5. The number of hydrogen-bond donors (Lipinski definition) is 0. The lowest BCUT2D eigenvalue weighted by molar-refractivity contribution is -0.0281. The Labute approximate surface area is 182 Å². The summed E-state index contributed by atoms with van der Waals surface area (Å²) in [6, 6.07) is 1.37. The normalized spacial score (nSPS) is 21.7. The Morgan fingerprint density at radius 3 is 2.55 bits per heavy atom. The summed E-state index contributed by atoms with van der Waals surface area (Å²) in [5, 5.41) is 0. The van der Waals surface area contributed by atoms with E-state index in [1.165, 1.54) is 6.07 Å². The highest BCUT2D eigenvalue weighted by atomic mass is 19.2. The van der Waals surface area contributed by atoms with Crippen molar-refractivity contribution in [3.63, 3.8) is 0 Å². The molecule has 1 saturated heterocycles. The Hall–Kier alpha value is -2.73. The van der Waals surface area contributed by atoms with E-state index in [2.05, 4.69) is 32.9 Å².